The van der Waals surface area contributed by atoms with Crippen molar-refractivity contribution >= 4 is 18.2 Å². The number of likely N-dealkylation sites (tertiary alicyclic amines) is 1. The van der Waals surface area contributed by atoms with Crippen LogP contribution < -0.4 is 9.47 Å². The van der Waals surface area contributed by atoms with Crippen molar-refractivity contribution in [2.24, 2.45) is 5.92 Å². The number of hydrogen-bond acceptors (Lipinski definition) is 4. The summed E-state index contributed by atoms with van der Waals surface area (Å²) in [4.78, 5) is 15.2. The second-order valence-corrected chi connectivity index (χ2v) is 7.61. The maximum atomic E-state index is 15.6. The number of hydrogen-bond donors (Lipinski definition) is 0. The first-order chi connectivity index (χ1) is 11.9. The van der Waals surface area contributed by atoms with E-state index in [0.29, 0.717) is 29.5 Å². The SMILES string of the molecule is COc1cc2c(cc1OC)C(=O)C(F)(CC1CCN(C(C)C)CC1)C2.Cl. The first-order valence-corrected chi connectivity index (χ1v) is 9.10. The fourth-order valence-corrected chi connectivity index (χ4v) is 4.20. The van der Waals surface area contributed by atoms with Crippen molar-refractivity contribution in [2.45, 2.75) is 51.2 Å². The number of rotatable bonds is 5. The minimum atomic E-state index is -1.79. The van der Waals surface area contributed by atoms with Crippen molar-refractivity contribution in [1.29, 1.82) is 0 Å². The van der Waals surface area contributed by atoms with Crippen molar-refractivity contribution in [2.75, 3.05) is 27.3 Å². The first kappa shape index (κ1) is 21.0. The molecular weight excluding hydrogens is 357 g/mol. The number of carbonyl (C=O) groups is 1. The van der Waals surface area contributed by atoms with Crippen molar-refractivity contribution in [3.8, 4) is 11.5 Å². The summed E-state index contributed by atoms with van der Waals surface area (Å²) in [5.41, 5.74) is -0.616. The Bertz CT molecular complexity index is 659. The molecule has 1 atom stereocenters. The summed E-state index contributed by atoms with van der Waals surface area (Å²) in [5, 5.41) is 0. The number of carbonyl (C=O) groups excluding carboxylic acids is 1. The van der Waals surface area contributed by atoms with Crippen molar-refractivity contribution in [3.05, 3.63) is 23.3 Å². The Balaban J connectivity index is 0.00000243. The quantitative estimate of drug-likeness (QED) is 0.765. The van der Waals surface area contributed by atoms with Gasteiger partial charge >= 0.3 is 0 Å². The zero-order valence-corrected chi connectivity index (χ0v) is 16.8. The highest BCUT2D eigenvalue weighted by Crippen LogP contribution is 2.43. The number of fused-ring (bicyclic) bond motifs is 1. The Hall–Kier alpha value is -1.33. The summed E-state index contributed by atoms with van der Waals surface area (Å²) in [6.07, 6.45) is 2.38. The van der Waals surface area contributed by atoms with Crippen LogP contribution in [0.15, 0.2) is 12.1 Å². The molecule has 0 spiro atoms. The highest BCUT2D eigenvalue weighted by atomic mass is 35.5. The molecule has 6 heteroatoms. The largest absolute Gasteiger partial charge is 0.493 e. The van der Waals surface area contributed by atoms with Crippen LogP contribution in [0.1, 0.15) is 49.0 Å². The van der Waals surface area contributed by atoms with Gasteiger partial charge in [0.15, 0.2) is 17.2 Å². The molecule has 1 fully saturated rings. The van der Waals surface area contributed by atoms with E-state index in [1.165, 1.54) is 7.11 Å². The molecule has 26 heavy (non-hydrogen) atoms. The Morgan fingerprint density at radius 1 is 1.19 bits per heavy atom. The molecule has 146 valence electrons. The summed E-state index contributed by atoms with van der Waals surface area (Å²) in [6.45, 7) is 6.35. The van der Waals surface area contributed by atoms with Crippen LogP contribution in [0.4, 0.5) is 4.39 Å². The van der Waals surface area contributed by atoms with Gasteiger partial charge in [0.1, 0.15) is 0 Å². The molecule has 1 aliphatic carbocycles. The summed E-state index contributed by atoms with van der Waals surface area (Å²) in [7, 11) is 3.07. The van der Waals surface area contributed by atoms with Gasteiger partial charge in [0.25, 0.3) is 0 Å². The monoisotopic (exact) mass is 385 g/mol. The molecule has 1 aliphatic heterocycles. The molecule has 0 bridgehead atoms. The highest BCUT2D eigenvalue weighted by Gasteiger charge is 2.48. The van der Waals surface area contributed by atoms with Gasteiger partial charge in [-0.2, -0.15) is 0 Å². The van der Waals surface area contributed by atoms with E-state index in [1.54, 1.807) is 19.2 Å². The Kier molecular flexibility index (Phi) is 6.56. The summed E-state index contributed by atoms with van der Waals surface area (Å²) >= 11 is 0. The molecule has 0 N–H and O–H groups in total. The van der Waals surface area contributed by atoms with Gasteiger partial charge in [-0.05, 0) is 69.8 Å². The van der Waals surface area contributed by atoms with Crippen LogP contribution in [0.2, 0.25) is 0 Å². The molecule has 1 unspecified atom stereocenters. The zero-order valence-electron chi connectivity index (χ0n) is 16.0. The Labute approximate surface area is 161 Å². The Morgan fingerprint density at radius 2 is 1.77 bits per heavy atom. The van der Waals surface area contributed by atoms with Crippen molar-refractivity contribution in [3.63, 3.8) is 0 Å². The molecule has 1 saturated heterocycles. The highest BCUT2D eigenvalue weighted by molar-refractivity contribution is 6.07. The van der Waals surface area contributed by atoms with Crippen LogP contribution >= 0.6 is 12.4 Å². The number of benzene rings is 1. The molecule has 1 heterocycles. The second kappa shape index (κ2) is 8.13. The van der Waals surface area contributed by atoms with E-state index >= 15 is 4.39 Å². The van der Waals surface area contributed by atoms with Crippen LogP contribution in [-0.2, 0) is 6.42 Å². The van der Waals surface area contributed by atoms with Gasteiger partial charge in [0, 0.05) is 18.0 Å². The Morgan fingerprint density at radius 3 is 2.31 bits per heavy atom. The van der Waals surface area contributed by atoms with Gasteiger partial charge in [0.2, 0.25) is 5.78 Å². The van der Waals surface area contributed by atoms with Crippen molar-refractivity contribution in [1.82, 2.24) is 4.90 Å². The van der Waals surface area contributed by atoms with E-state index < -0.39 is 11.5 Å². The lowest BCUT2D eigenvalue weighted by Gasteiger charge is -2.36. The lowest BCUT2D eigenvalue weighted by atomic mass is 9.83. The van der Waals surface area contributed by atoms with Gasteiger partial charge in [-0.25, -0.2) is 4.39 Å². The number of ether oxygens (including phenoxy) is 2. The maximum Gasteiger partial charge on any atom is 0.200 e. The number of methoxy groups -OCH3 is 2. The number of alkyl halides is 1. The van der Waals surface area contributed by atoms with E-state index in [1.807, 2.05) is 0 Å². The second-order valence-electron chi connectivity index (χ2n) is 7.61. The molecule has 3 rings (SSSR count). The third-order valence-corrected chi connectivity index (χ3v) is 5.72. The number of Topliss-reactive ketones (excluding diaryl/α,β-unsaturated/α-hetero) is 1. The lowest BCUT2D eigenvalue weighted by Crippen LogP contribution is -2.41. The minimum absolute atomic E-state index is 0. The summed E-state index contributed by atoms with van der Waals surface area (Å²) in [5.74, 6) is 0.893. The minimum Gasteiger partial charge on any atom is -0.493 e. The third-order valence-electron chi connectivity index (χ3n) is 5.72. The molecule has 0 saturated carbocycles. The zero-order chi connectivity index (χ0) is 18.2. The smallest absolute Gasteiger partial charge is 0.200 e. The van der Waals surface area contributed by atoms with Crippen LogP contribution in [0.5, 0.6) is 11.5 Å². The van der Waals surface area contributed by atoms with E-state index in [2.05, 4.69) is 18.7 Å². The average molecular weight is 386 g/mol. The molecule has 2 aliphatic rings. The van der Waals surface area contributed by atoms with Gasteiger partial charge in [-0.1, -0.05) is 0 Å². The van der Waals surface area contributed by atoms with E-state index in [0.717, 1.165) is 31.5 Å². The topological polar surface area (TPSA) is 38.8 Å². The molecule has 0 amide bonds. The van der Waals surface area contributed by atoms with Crippen LogP contribution in [0.3, 0.4) is 0 Å². The van der Waals surface area contributed by atoms with E-state index in [9.17, 15) is 4.79 Å². The first-order valence-electron chi connectivity index (χ1n) is 9.10. The molecule has 0 radical (unpaired) electrons. The third kappa shape index (κ3) is 3.84. The number of piperidine rings is 1. The van der Waals surface area contributed by atoms with Gasteiger partial charge in [-0.15, -0.1) is 12.4 Å². The fourth-order valence-electron chi connectivity index (χ4n) is 4.20. The van der Waals surface area contributed by atoms with Crippen LogP contribution in [0.25, 0.3) is 0 Å². The molecule has 0 aromatic heterocycles. The molecular formula is C20H29ClFNO3. The van der Waals surface area contributed by atoms with Crippen molar-refractivity contribution < 1.29 is 18.7 Å². The molecule has 1 aromatic rings. The van der Waals surface area contributed by atoms with E-state index in [-0.39, 0.29) is 24.7 Å². The standard InChI is InChI=1S/C20H28FNO3.ClH/c1-13(2)22-7-5-14(6-8-22)11-20(21)12-15-9-17(24-3)18(25-4)10-16(15)19(20)23;/h9-10,13-14H,5-8,11-12H2,1-4H3;1H. The van der Waals surface area contributed by atoms with E-state index in [4.69, 9.17) is 9.47 Å². The van der Waals surface area contributed by atoms with Gasteiger partial charge in [0.05, 0.1) is 14.2 Å². The normalized spacial score (nSPS) is 23.7. The van der Waals surface area contributed by atoms with Gasteiger partial charge in [-0.3, -0.25) is 4.79 Å². The predicted octanol–water partition coefficient (Wildman–Crippen LogP) is 4.08. The lowest BCUT2D eigenvalue weighted by molar-refractivity contribution is 0.0571. The van der Waals surface area contributed by atoms with Crippen LogP contribution in [0, 0.1) is 5.92 Å². The fraction of sp³-hybridized carbons (Fsp3) is 0.650. The number of nitrogens with zero attached hydrogens (tertiary/aromatic N) is 1. The predicted molar refractivity (Wildman–Crippen MR) is 103 cm³/mol. The molecule has 4 nitrogen and oxygen atoms in total. The number of ketones is 1. The molecule has 1 aromatic carbocycles. The van der Waals surface area contributed by atoms with Gasteiger partial charge < -0.3 is 14.4 Å². The number of halogens is 2. The maximum absolute atomic E-state index is 15.6. The van der Waals surface area contributed by atoms with Crippen LogP contribution in [-0.4, -0.2) is 49.7 Å². The summed E-state index contributed by atoms with van der Waals surface area (Å²) in [6, 6.07) is 3.89. The summed E-state index contributed by atoms with van der Waals surface area (Å²) < 4.78 is 26.1. The average Bonchev–Trinajstić information content (AvgIpc) is 2.84.